The van der Waals surface area contributed by atoms with Crippen LogP contribution >= 0.6 is 0 Å². The van der Waals surface area contributed by atoms with Gasteiger partial charge in [0, 0.05) is 25.7 Å². The van der Waals surface area contributed by atoms with Crippen LogP contribution in [0.15, 0.2) is 59.6 Å². The topological polar surface area (TPSA) is 77.0 Å². The fourth-order valence-corrected chi connectivity index (χ4v) is 3.85. The van der Waals surface area contributed by atoms with Gasteiger partial charge in [0.15, 0.2) is 0 Å². The van der Waals surface area contributed by atoms with Crippen LogP contribution in [0.2, 0.25) is 0 Å². The highest BCUT2D eigenvalue weighted by Gasteiger charge is 2.31. The van der Waals surface area contributed by atoms with Crippen LogP contribution in [0.4, 0.5) is 5.69 Å². The Bertz CT molecular complexity index is 959. The zero-order valence-corrected chi connectivity index (χ0v) is 17.3. The van der Waals surface area contributed by atoms with Crippen LogP contribution in [0.5, 0.6) is 0 Å². The van der Waals surface area contributed by atoms with E-state index in [-0.39, 0.29) is 23.7 Å². The molecule has 0 aromatic heterocycles. The van der Waals surface area contributed by atoms with Crippen LogP contribution in [0, 0.1) is 0 Å². The number of amides is 2. The van der Waals surface area contributed by atoms with Gasteiger partial charge >= 0.3 is 0 Å². The third-order valence-electron chi connectivity index (χ3n) is 5.69. The molecule has 0 aliphatic carbocycles. The van der Waals surface area contributed by atoms with Crippen LogP contribution in [-0.4, -0.2) is 47.7 Å². The summed E-state index contributed by atoms with van der Waals surface area (Å²) < 4.78 is 0. The van der Waals surface area contributed by atoms with E-state index in [0.717, 1.165) is 19.5 Å². The molecular formula is C23H27N5O2. The maximum Gasteiger partial charge on any atom is 0.288 e. The number of nitrogens with zero attached hydrogens (tertiary/aromatic N) is 3. The van der Waals surface area contributed by atoms with Crippen molar-refractivity contribution in [3.63, 3.8) is 0 Å². The number of fused-ring (bicyclic) bond motifs is 1. The van der Waals surface area contributed by atoms with Gasteiger partial charge in [-0.15, -0.1) is 0 Å². The van der Waals surface area contributed by atoms with Crippen LogP contribution in [-0.2, 0) is 22.6 Å². The second kappa shape index (κ2) is 8.67. The van der Waals surface area contributed by atoms with E-state index >= 15 is 0 Å². The van der Waals surface area contributed by atoms with Gasteiger partial charge in [-0.2, -0.15) is 0 Å². The van der Waals surface area contributed by atoms with E-state index in [2.05, 4.69) is 51.8 Å². The van der Waals surface area contributed by atoms with Crippen LogP contribution < -0.4 is 15.8 Å². The summed E-state index contributed by atoms with van der Waals surface area (Å²) in [6.07, 6.45) is 1.02. The minimum absolute atomic E-state index is 0.155. The number of hydrogen-bond acceptors (Lipinski definition) is 5. The van der Waals surface area contributed by atoms with Crippen LogP contribution in [0.25, 0.3) is 0 Å². The van der Waals surface area contributed by atoms with E-state index in [4.69, 9.17) is 0 Å². The number of carbonyl (C=O) groups is 2. The number of para-hydroxylation sites is 1. The zero-order chi connectivity index (χ0) is 21.1. The summed E-state index contributed by atoms with van der Waals surface area (Å²) in [4.78, 5) is 31.9. The molecule has 2 aromatic rings. The third-order valence-corrected chi connectivity index (χ3v) is 5.69. The summed E-state index contributed by atoms with van der Waals surface area (Å²) in [6.45, 7) is 6.18. The molecule has 2 aromatic carbocycles. The lowest BCUT2D eigenvalue weighted by Crippen LogP contribution is -2.58. The smallest absolute Gasteiger partial charge is 0.288 e. The maximum absolute atomic E-state index is 12.8. The Morgan fingerprint density at radius 3 is 2.63 bits per heavy atom. The fourth-order valence-electron chi connectivity index (χ4n) is 3.85. The van der Waals surface area contributed by atoms with Gasteiger partial charge in [-0.05, 0) is 43.5 Å². The number of aliphatic imine (C=N–C) groups is 1. The second-order valence-electron chi connectivity index (χ2n) is 7.82. The molecule has 2 atom stereocenters. The largest absolute Gasteiger partial charge is 0.348 e. The maximum atomic E-state index is 12.8. The van der Waals surface area contributed by atoms with Crippen molar-refractivity contribution in [2.24, 2.45) is 4.99 Å². The molecule has 0 saturated heterocycles. The Morgan fingerprint density at radius 1 is 1.17 bits per heavy atom. The summed E-state index contributed by atoms with van der Waals surface area (Å²) >= 11 is 0. The van der Waals surface area contributed by atoms with E-state index in [1.807, 2.05) is 30.3 Å². The van der Waals surface area contributed by atoms with E-state index in [1.165, 1.54) is 16.1 Å². The van der Waals surface area contributed by atoms with Gasteiger partial charge in [0.05, 0.1) is 5.69 Å². The molecule has 0 saturated carbocycles. The van der Waals surface area contributed by atoms with Crippen molar-refractivity contribution in [3.8, 4) is 0 Å². The van der Waals surface area contributed by atoms with Crippen molar-refractivity contribution in [2.75, 3.05) is 18.1 Å². The Kier molecular flexibility index (Phi) is 5.81. The lowest BCUT2D eigenvalue weighted by atomic mass is 9.99. The molecule has 2 amide bonds. The summed E-state index contributed by atoms with van der Waals surface area (Å²) in [5.74, 6) is -0.347. The number of rotatable bonds is 5. The number of nitrogens with one attached hydrogen (secondary N) is 2. The first kappa shape index (κ1) is 20.1. The van der Waals surface area contributed by atoms with Gasteiger partial charge < -0.3 is 5.32 Å². The average molecular weight is 406 g/mol. The molecule has 0 radical (unpaired) electrons. The monoisotopic (exact) mass is 405 g/mol. The molecule has 2 N–H and O–H groups in total. The SMILES string of the molecule is C[C@H]1N=C(C(=O)NC[C@H](C)N2CCc3ccccc3C2)NN(c2ccccc2)C1=O. The van der Waals surface area contributed by atoms with Crippen molar-refractivity contribution >= 4 is 23.3 Å². The Morgan fingerprint density at radius 2 is 1.87 bits per heavy atom. The molecule has 0 spiro atoms. The Labute approximate surface area is 176 Å². The number of carbonyl (C=O) groups excluding carboxylic acids is 2. The lowest BCUT2D eigenvalue weighted by Gasteiger charge is -2.34. The van der Waals surface area contributed by atoms with Crippen molar-refractivity contribution in [3.05, 3.63) is 65.7 Å². The molecule has 156 valence electrons. The van der Waals surface area contributed by atoms with Gasteiger partial charge in [0.2, 0.25) is 5.84 Å². The first-order valence-corrected chi connectivity index (χ1v) is 10.4. The third kappa shape index (κ3) is 4.21. The molecular weight excluding hydrogens is 378 g/mol. The molecule has 0 bridgehead atoms. The highest BCUT2D eigenvalue weighted by molar-refractivity contribution is 6.39. The fraction of sp³-hybridized carbons (Fsp3) is 0.348. The van der Waals surface area contributed by atoms with Crippen LogP contribution in [0.3, 0.4) is 0 Å². The van der Waals surface area contributed by atoms with Crippen molar-refractivity contribution in [1.82, 2.24) is 15.6 Å². The molecule has 2 heterocycles. The molecule has 7 nitrogen and oxygen atoms in total. The Hall–Kier alpha value is -3.19. The normalized spacial score (nSPS) is 20.1. The van der Waals surface area contributed by atoms with Gasteiger partial charge in [-0.25, -0.2) is 10.0 Å². The van der Waals surface area contributed by atoms with Crippen LogP contribution in [0.1, 0.15) is 25.0 Å². The first-order valence-electron chi connectivity index (χ1n) is 10.4. The highest BCUT2D eigenvalue weighted by Crippen LogP contribution is 2.20. The number of hydrazine groups is 1. The zero-order valence-electron chi connectivity index (χ0n) is 17.3. The van der Waals surface area contributed by atoms with Gasteiger partial charge in [0.1, 0.15) is 6.04 Å². The van der Waals surface area contributed by atoms with Gasteiger partial charge in [-0.1, -0.05) is 42.5 Å². The predicted molar refractivity (Wildman–Crippen MR) is 117 cm³/mol. The minimum Gasteiger partial charge on any atom is -0.348 e. The average Bonchev–Trinajstić information content (AvgIpc) is 2.79. The summed E-state index contributed by atoms with van der Waals surface area (Å²) in [5.41, 5.74) is 6.31. The number of anilines is 1. The summed E-state index contributed by atoms with van der Waals surface area (Å²) in [5, 5.41) is 4.36. The molecule has 0 unspecified atom stereocenters. The first-order chi connectivity index (χ1) is 14.5. The van der Waals surface area contributed by atoms with Gasteiger partial charge in [-0.3, -0.25) is 19.9 Å². The summed E-state index contributed by atoms with van der Waals surface area (Å²) in [6, 6.07) is 17.3. The molecule has 30 heavy (non-hydrogen) atoms. The highest BCUT2D eigenvalue weighted by atomic mass is 16.2. The van der Waals surface area contributed by atoms with E-state index in [9.17, 15) is 9.59 Å². The van der Waals surface area contributed by atoms with Crippen molar-refractivity contribution in [2.45, 2.75) is 38.9 Å². The Balaban J connectivity index is 1.37. The number of amidine groups is 1. The van der Waals surface area contributed by atoms with E-state index < -0.39 is 6.04 Å². The van der Waals surface area contributed by atoms with Gasteiger partial charge in [0.25, 0.3) is 11.8 Å². The van der Waals surface area contributed by atoms with Crippen molar-refractivity contribution in [1.29, 1.82) is 0 Å². The molecule has 2 aliphatic heterocycles. The van der Waals surface area contributed by atoms with E-state index in [0.29, 0.717) is 12.2 Å². The standard InChI is InChI=1S/C23H27N5O2/c1-16(27-13-12-18-8-6-7-9-19(18)15-27)14-24-22(29)21-25-17(2)23(30)28(26-21)20-10-4-3-5-11-20/h3-11,16-17H,12-15H2,1-2H3,(H,24,29)(H,25,26)/t16-,17+/m0/s1. The second-order valence-corrected chi connectivity index (χ2v) is 7.82. The predicted octanol–water partition coefficient (Wildman–Crippen LogP) is 1.89. The summed E-state index contributed by atoms with van der Waals surface area (Å²) in [7, 11) is 0. The lowest BCUT2D eigenvalue weighted by molar-refractivity contribution is -0.120. The molecule has 4 rings (SSSR count). The number of benzene rings is 2. The molecule has 0 fully saturated rings. The minimum atomic E-state index is -0.622. The molecule has 2 aliphatic rings. The van der Waals surface area contributed by atoms with E-state index in [1.54, 1.807) is 6.92 Å². The molecule has 7 heteroatoms. The number of hydrogen-bond donors (Lipinski definition) is 2. The quantitative estimate of drug-likeness (QED) is 0.797. The van der Waals surface area contributed by atoms with Crippen molar-refractivity contribution < 1.29 is 9.59 Å².